The number of nitrogens with zero attached hydrogens (tertiary/aromatic N) is 2. The molecule has 0 aromatic heterocycles. The van der Waals surface area contributed by atoms with Crippen molar-refractivity contribution in [2.24, 2.45) is 0 Å². The molecule has 4 rings (SSSR count). The van der Waals surface area contributed by atoms with Gasteiger partial charge in [-0.2, -0.15) is 0 Å². The smallest absolute Gasteiger partial charge is 0.234 e. The summed E-state index contributed by atoms with van der Waals surface area (Å²) in [6.07, 6.45) is 2.82. The van der Waals surface area contributed by atoms with Gasteiger partial charge in [0, 0.05) is 38.4 Å². The van der Waals surface area contributed by atoms with Gasteiger partial charge in [0.1, 0.15) is 0 Å². The zero-order chi connectivity index (χ0) is 26.2. The number of amides is 1. The van der Waals surface area contributed by atoms with Gasteiger partial charge in [0.05, 0.1) is 20.8 Å². The first kappa shape index (κ1) is 26.6. The van der Waals surface area contributed by atoms with Crippen molar-refractivity contribution in [3.63, 3.8) is 0 Å². The third-order valence-corrected chi connectivity index (χ3v) is 7.15. The maximum atomic E-state index is 13.0. The standard InChI is InChI=1S/C31H39N3O3/c1-5-16-33(2)26-12-13-27-25(20-26)15-17-34(22-31(35)32-21-23-9-7-6-8-10-23)28(27)18-24-11-14-29(36-3)30(19-24)37-4/h6-14,19-20,28H,5,15-18,21-22H2,1-4H3,(H,32,35). The lowest BCUT2D eigenvalue weighted by Crippen LogP contribution is -2.43. The van der Waals surface area contributed by atoms with Crippen LogP contribution in [0, 0.1) is 0 Å². The van der Waals surface area contributed by atoms with Crippen LogP contribution in [-0.4, -0.2) is 51.7 Å². The number of hydrogen-bond acceptors (Lipinski definition) is 5. The van der Waals surface area contributed by atoms with Crippen molar-refractivity contribution in [1.82, 2.24) is 10.2 Å². The summed E-state index contributed by atoms with van der Waals surface area (Å²) in [5.41, 5.74) is 6.17. The monoisotopic (exact) mass is 501 g/mol. The Kier molecular flexibility index (Phi) is 9.07. The predicted molar refractivity (Wildman–Crippen MR) is 150 cm³/mol. The van der Waals surface area contributed by atoms with Gasteiger partial charge in [-0.1, -0.05) is 49.4 Å². The van der Waals surface area contributed by atoms with Gasteiger partial charge in [-0.15, -0.1) is 0 Å². The molecule has 0 fully saturated rings. The second-order valence-corrected chi connectivity index (χ2v) is 9.70. The van der Waals surface area contributed by atoms with E-state index in [4.69, 9.17) is 9.47 Å². The van der Waals surface area contributed by atoms with Crippen LogP contribution in [0.1, 0.15) is 41.6 Å². The van der Waals surface area contributed by atoms with Crippen molar-refractivity contribution in [2.45, 2.75) is 38.8 Å². The molecule has 1 unspecified atom stereocenters. The summed E-state index contributed by atoms with van der Waals surface area (Å²) in [6, 6.07) is 23.0. The Morgan fingerprint density at radius 3 is 2.51 bits per heavy atom. The molecule has 0 spiro atoms. The van der Waals surface area contributed by atoms with Crippen LogP contribution in [0.25, 0.3) is 0 Å². The summed E-state index contributed by atoms with van der Waals surface area (Å²) in [5.74, 6) is 1.49. The Bertz CT molecular complexity index is 1180. The molecule has 1 N–H and O–H groups in total. The molecule has 1 heterocycles. The maximum Gasteiger partial charge on any atom is 0.234 e. The number of fused-ring (bicyclic) bond motifs is 1. The zero-order valence-corrected chi connectivity index (χ0v) is 22.5. The molecule has 1 aliphatic heterocycles. The van der Waals surface area contributed by atoms with Crippen LogP contribution in [-0.2, 0) is 24.2 Å². The predicted octanol–water partition coefficient (Wildman–Crippen LogP) is 5.01. The summed E-state index contributed by atoms with van der Waals surface area (Å²) < 4.78 is 11.0. The lowest BCUT2D eigenvalue weighted by atomic mass is 9.88. The van der Waals surface area contributed by atoms with Gasteiger partial charge >= 0.3 is 0 Å². The summed E-state index contributed by atoms with van der Waals surface area (Å²) in [7, 11) is 5.46. The molecular formula is C31H39N3O3. The van der Waals surface area contributed by atoms with Gasteiger partial charge in [0.25, 0.3) is 0 Å². The lowest BCUT2D eigenvalue weighted by Gasteiger charge is -2.38. The maximum absolute atomic E-state index is 13.0. The molecule has 1 aliphatic rings. The van der Waals surface area contributed by atoms with Gasteiger partial charge in [0.2, 0.25) is 5.91 Å². The number of methoxy groups -OCH3 is 2. The minimum Gasteiger partial charge on any atom is -0.493 e. The molecule has 3 aromatic carbocycles. The summed E-state index contributed by atoms with van der Waals surface area (Å²) in [4.78, 5) is 17.6. The molecule has 0 radical (unpaired) electrons. The number of nitrogens with one attached hydrogen (secondary N) is 1. The van der Waals surface area contributed by atoms with Gasteiger partial charge in [0.15, 0.2) is 11.5 Å². The van der Waals surface area contributed by atoms with Crippen LogP contribution in [0.5, 0.6) is 11.5 Å². The number of rotatable bonds is 11. The van der Waals surface area contributed by atoms with Crippen molar-refractivity contribution < 1.29 is 14.3 Å². The highest BCUT2D eigenvalue weighted by atomic mass is 16.5. The van der Waals surface area contributed by atoms with Crippen molar-refractivity contribution in [3.05, 3.63) is 89.0 Å². The Morgan fingerprint density at radius 1 is 1.00 bits per heavy atom. The molecule has 1 atom stereocenters. The van der Waals surface area contributed by atoms with Crippen LogP contribution in [0.2, 0.25) is 0 Å². The second kappa shape index (κ2) is 12.6. The highest BCUT2D eigenvalue weighted by Gasteiger charge is 2.29. The zero-order valence-electron chi connectivity index (χ0n) is 22.5. The van der Waals surface area contributed by atoms with Gasteiger partial charge < -0.3 is 19.7 Å². The minimum atomic E-state index is 0.0453. The van der Waals surface area contributed by atoms with E-state index in [1.54, 1.807) is 14.2 Å². The Morgan fingerprint density at radius 2 is 1.78 bits per heavy atom. The SMILES string of the molecule is CCCN(C)c1ccc2c(c1)CCN(CC(=O)NCc1ccccc1)C2Cc1ccc(OC)c(OC)c1. The minimum absolute atomic E-state index is 0.0453. The van der Waals surface area contributed by atoms with Crippen LogP contribution < -0.4 is 19.7 Å². The molecule has 0 aliphatic carbocycles. The molecule has 6 heteroatoms. The third-order valence-electron chi connectivity index (χ3n) is 7.15. The molecular weight excluding hydrogens is 462 g/mol. The summed E-state index contributed by atoms with van der Waals surface area (Å²) in [5, 5.41) is 3.10. The van der Waals surface area contributed by atoms with E-state index in [2.05, 4.69) is 53.4 Å². The highest BCUT2D eigenvalue weighted by molar-refractivity contribution is 5.78. The molecule has 0 bridgehead atoms. The third kappa shape index (κ3) is 6.63. The molecule has 0 saturated heterocycles. The fourth-order valence-corrected chi connectivity index (χ4v) is 5.15. The number of benzene rings is 3. The van der Waals surface area contributed by atoms with E-state index in [9.17, 15) is 4.79 Å². The molecule has 1 amide bonds. The topological polar surface area (TPSA) is 54.0 Å². The van der Waals surface area contributed by atoms with E-state index in [1.807, 2.05) is 42.5 Å². The largest absolute Gasteiger partial charge is 0.493 e. The van der Waals surface area contributed by atoms with Crippen molar-refractivity contribution >= 4 is 11.6 Å². The fourth-order valence-electron chi connectivity index (χ4n) is 5.15. The Hall–Kier alpha value is -3.51. The van der Waals surface area contributed by atoms with Gasteiger partial charge in [-0.05, 0) is 65.8 Å². The van der Waals surface area contributed by atoms with E-state index in [0.29, 0.717) is 13.1 Å². The first-order valence-corrected chi connectivity index (χ1v) is 13.1. The van der Waals surface area contributed by atoms with E-state index < -0.39 is 0 Å². The molecule has 3 aromatic rings. The van der Waals surface area contributed by atoms with Crippen LogP contribution >= 0.6 is 0 Å². The van der Waals surface area contributed by atoms with Crippen LogP contribution in [0.15, 0.2) is 66.7 Å². The van der Waals surface area contributed by atoms with E-state index >= 15 is 0 Å². The Labute approximate surface area is 221 Å². The molecule has 0 saturated carbocycles. The first-order valence-electron chi connectivity index (χ1n) is 13.1. The highest BCUT2D eigenvalue weighted by Crippen LogP contribution is 2.36. The van der Waals surface area contributed by atoms with E-state index in [1.165, 1.54) is 16.8 Å². The van der Waals surface area contributed by atoms with Crippen LogP contribution in [0.3, 0.4) is 0 Å². The number of anilines is 1. The number of carbonyl (C=O) groups is 1. The van der Waals surface area contributed by atoms with Gasteiger partial charge in [-0.25, -0.2) is 0 Å². The molecule has 6 nitrogen and oxygen atoms in total. The fraction of sp³-hybridized carbons (Fsp3) is 0.387. The van der Waals surface area contributed by atoms with Gasteiger partial charge in [-0.3, -0.25) is 9.69 Å². The number of hydrogen-bond donors (Lipinski definition) is 1. The average molecular weight is 502 g/mol. The molecule has 196 valence electrons. The van der Waals surface area contributed by atoms with Crippen molar-refractivity contribution in [1.29, 1.82) is 0 Å². The number of ether oxygens (including phenoxy) is 2. The lowest BCUT2D eigenvalue weighted by molar-refractivity contribution is -0.123. The quantitative estimate of drug-likeness (QED) is 0.400. The Balaban J connectivity index is 1.57. The normalized spacial score (nSPS) is 15.1. The van der Waals surface area contributed by atoms with Crippen LogP contribution in [0.4, 0.5) is 5.69 Å². The second-order valence-electron chi connectivity index (χ2n) is 9.70. The number of carbonyl (C=O) groups excluding carboxylic acids is 1. The molecule has 37 heavy (non-hydrogen) atoms. The van der Waals surface area contributed by atoms with E-state index in [0.717, 1.165) is 55.0 Å². The summed E-state index contributed by atoms with van der Waals surface area (Å²) in [6.45, 7) is 4.97. The summed E-state index contributed by atoms with van der Waals surface area (Å²) >= 11 is 0. The van der Waals surface area contributed by atoms with Crippen molar-refractivity contribution in [3.8, 4) is 11.5 Å². The first-order chi connectivity index (χ1) is 18.0. The van der Waals surface area contributed by atoms with Crippen molar-refractivity contribution in [2.75, 3.05) is 45.8 Å². The van der Waals surface area contributed by atoms with E-state index in [-0.39, 0.29) is 11.9 Å². The average Bonchev–Trinajstić information content (AvgIpc) is 2.93.